The average molecular weight is 397 g/mol. The molecule has 7 nitrogen and oxygen atoms in total. The molecule has 1 fully saturated rings. The van der Waals surface area contributed by atoms with Crippen molar-refractivity contribution in [1.29, 1.82) is 0 Å². The zero-order chi connectivity index (χ0) is 19.7. The van der Waals surface area contributed by atoms with Gasteiger partial charge < -0.3 is 10.1 Å². The molecule has 8 heteroatoms. The van der Waals surface area contributed by atoms with Crippen molar-refractivity contribution < 1.29 is 22.7 Å². The number of ether oxygens (including phenoxy) is 1. The van der Waals surface area contributed by atoms with E-state index < -0.39 is 10.0 Å². The quantitative estimate of drug-likeness (QED) is 0.506. The standard InChI is InChI=1S/C19H28N2O5S/c1-26-18(22)9-5-6-12-20-19(23)17-10-13-21(14-11-17)27(24,25)15-16-7-3-2-4-8-16/h2-4,7-8,17H,5-6,9-15H2,1H3,(H,20,23). The molecule has 1 aliphatic heterocycles. The van der Waals surface area contributed by atoms with Gasteiger partial charge in [0.2, 0.25) is 15.9 Å². The first-order valence-corrected chi connectivity index (χ1v) is 10.9. The van der Waals surface area contributed by atoms with E-state index in [9.17, 15) is 18.0 Å². The van der Waals surface area contributed by atoms with Gasteiger partial charge in [0.05, 0.1) is 12.9 Å². The maximum absolute atomic E-state index is 12.5. The summed E-state index contributed by atoms with van der Waals surface area (Å²) in [5.41, 5.74) is 0.768. The van der Waals surface area contributed by atoms with Crippen molar-refractivity contribution in [2.45, 2.75) is 37.9 Å². The van der Waals surface area contributed by atoms with Crippen LogP contribution in [0.15, 0.2) is 30.3 Å². The molecule has 0 radical (unpaired) electrons. The molecule has 0 aliphatic carbocycles. The van der Waals surface area contributed by atoms with E-state index in [1.807, 2.05) is 18.2 Å². The molecule has 0 unspecified atom stereocenters. The smallest absolute Gasteiger partial charge is 0.305 e. The number of methoxy groups -OCH3 is 1. The van der Waals surface area contributed by atoms with Crippen LogP contribution in [-0.2, 0) is 30.1 Å². The molecule has 1 aromatic carbocycles. The number of nitrogens with one attached hydrogen (secondary N) is 1. The Morgan fingerprint density at radius 2 is 1.81 bits per heavy atom. The van der Waals surface area contributed by atoms with Gasteiger partial charge in [-0.25, -0.2) is 12.7 Å². The van der Waals surface area contributed by atoms with Crippen molar-refractivity contribution in [2.75, 3.05) is 26.7 Å². The Labute approximate surface area is 161 Å². The molecule has 1 heterocycles. The van der Waals surface area contributed by atoms with Gasteiger partial charge >= 0.3 is 5.97 Å². The molecule has 150 valence electrons. The molecule has 2 rings (SSSR count). The fourth-order valence-corrected chi connectivity index (χ4v) is 4.69. The molecule has 1 amide bonds. The molecular weight excluding hydrogens is 368 g/mol. The number of piperidine rings is 1. The van der Waals surface area contributed by atoms with E-state index in [0.717, 1.165) is 5.56 Å². The van der Waals surface area contributed by atoms with E-state index in [4.69, 9.17) is 0 Å². The van der Waals surface area contributed by atoms with Crippen molar-refractivity contribution in [3.05, 3.63) is 35.9 Å². The van der Waals surface area contributed by atoms with E-state index in [1.165, 1.54) is 11.4 Å². The maximum atomic E-state index is 12.5. The fourth-order valence-electron chi connectivity index (χ4n) is 3.12. The Hall–Kier alpha value is -1.93. The third kappa shape index (κ3) is 6.95. The second-order valence-corrected chi connectivity index (χ2v) is 8.71. The van der Waals surface area contributed by atoms with Crippen molar-refractivity contribution in [2.24, 2.45) is 5.92 Å². The number of nitrogens with zero attached hydrogens (tertiary/aromatic N) is 1. The summed E-state index contributed by atoms with van der Waals surface area (Å²) >= 11 is 0. The van der Waals surface area contributed by atoms with Crippen LogP contribution in [0.1, 0.15) is 37.7 Å². The molecule has 0 bridgehead atoms. The zero-order valence-corrected chi connectivity index (χ0v) is 16.5. The molecule has 27 heavy (non-hydrogen) atoms. The van der Waals surface area contributed by atoms with Crippen LogP contribution in [0.5, 0.6) is 0 Å². The van der Waals surface area contributed by atoms with Gasteiger partial charge in [-0.05, 0) is 31.2 Å². The summed E-state index contributed by atoms with van der Waals surface area (Å²) in [6, 6.07) is 9.12. The molecule has 1 aliphatic rings. The lowest BCUT2D eigenvalue weighted by Crippen LogP contribution is -2.43. The lowest BCUT2D eigenvalue weighted by molar-refractivity contribution is -0.140. The highest BCUT2D eigenvalue weighted by molar-refractivity contribution is 7.88. The first-order chi connectivity index (χ1) is 12.9. The molecule has 0 aromatic heterocycles. The predicted molar refractivity (Wildman–Crippen MR) is 102 cm³/mol. The van der Waals surface area contributed by atoms with Gasteiger partial charge in [0.1, 0.15) is 0 Å². The van der Waals surface area contributed by atoms with Gasteiger partial charge in [-0.3, -0.25) is 9.59 Å². The summed E-state index contributed by atoms with van der Waals surface area (Å²) in [7, 11) is -2.01. The highest BCUT2D eigenvalue weighted by atomic mass is 32.2. The highest BCUT2D eigenvalue weighted by Gasteiger charge is 2.30. The molecule has 0 spiro atoms. The molecule has 0 atom stereocenters. The lowest BCUT2D eigenvalue weighted by atomic mass is 9.97. The van der Waals surface area contributed by atoms with Gasteiger partial charge in [0.15, 0.2) is 0 Å². The van der Waals surface area contributed by atoms with Crippen molar-refractivity contribution in [1.82, 2.24) is 9.62 Å². The van der Waals surface area contributed by atoms with Crippen molar-refractivity contribution in [3.8, 4) is 0 Å². The van der Waals surface area contributed by atoms with Crippen LogP contribution < -0.4 is 5.32 Å². The second kappa shape index (κ2) is 10.4. The van der Waals surface area contributed by atoms with Gasteiger partial charge in [0, 0.05) is 32.0 Å². The van der Waals surface area contributed by atoms with Crippen molar-refractivity contribution >= 4 is 21.9 Å². The van der Waals surface area contributed by atoms with Crippen LogP contribution in [0, 0.1) is 5.92 Å². The molecular formula is C19H28N2O5S. The Balaban J connectivity index is 1.71. The summed E-state index contributed by atoms with van der Waals surface area (Å²) in [5, 5.41) is 2.88. The molecule has 1 aromatic rings. The third-order valence-electron chi connectivity index (χ3n) is 4.74. The SMILES string of the molecule is COC(=O)CCCCNC(=O)C1CCN(S(=O)(=O)Cc2ccccc2)CC1. The fraction of sp³-hybridized carbons (Fsp3) is 0.579. The summed E-state index contributed by atoms with van der Waals surface area (Å²) < 4.78 is 31.1. The number of amides is 1. The molecule has 0 saturated carbocycles. The second-order valence-electron chi connectivity index (χ2n) is 6.74. The first kappa shape index (κ1) is 21.4. The molecule has 1 N–H and O–H groups in total. The van der Waals surface area contributed by atoms with Crippen LogP contribution in [0.3, 0.4) is 0 Å². The van der Waals surface area contributed by atoms with Crippen molar-refractivity contribution in [3.63, 3.8) is 0 Å². The van der Waals surface area contributed by atoms with E-state index in [1.54, 1.807) is 12.1 Å². The monoisotopic (exact) mass is 396 g/mol. The van der Waals surface area contributed by atoms with E-state index in [-0.39, 0.29) is 23.5 Å². The first-order valence-electron chi connectivity index (χ1n) is 9.28. The summed E-state index contributed by atoms with van der Waals surface area (Å²) in [5.74, 6) is -0.447. The Bertz CT molecular complexity index is 713. The zero-order valence-electron chi connectivity index (χ0n) is 15.7. The number of benzene rings is 1. The van der Waals surface area contributed by atoms with Gasteiger partial charge in [-0.15, -0.1) is 0 Å². The van der Waals surface area contributed by atoms with E-state index in [0.29, 0.717) is 51.7 Å². The predicted octanol–water partition coefficient (Wildman–Crippen LogP) is 1.69. The number of hydrogen-bond donors (Lipinski definition) is 1. The van der Waals surface area contributed by atoms with Crippen LogP contribution >= 0.6 is 0 Å². The maximum Gasteiger partial charge on any atom is 0.305 e. The Morgan fingerprint density at radius 1 is 1.15 bits per heavy atom. The van der Waals surface area contributed by atoms with Gasteiger partial charge in [-0.2, -0.15) is 0 Å². The normalized spacial score (nSPS) is 16.0. The van der Waals surface area contributed by atoms with E-state index in [2.05, 4.69) is 10.1 Å². The third-order valence-corrected chi connectivity index (χ3v) is 6.59. The number of carbonyl (C=O) groups is 2. The minimum Gasteiger partial charge on any atom is -0.469 e. The number of sulfonamides is 1. The topological polar surface area (TPSA) is 92.8 Å². The minimum atomic E-state index is -3.36. The summed E-state index contributed by atoms with van der Waals surface area (Å²) in [6.07, 6.45) is 2.79. The Morgan fingerprint density at radius 3 is 2.44 bits per heavy atom. The largest absolute Gasteiger partial charge is 0.469 e. The number of unbranched alkanes of at least 4 members (excludes halogenated alkanes) is 1. The van der Waals surface area contributed by atoms with Gasteiger partial charge in [0.25, 0.3) is 0 Å². The van der Waals surface area contributed by atoms with Crippen LogP contribution in [0.2, 0.25) is 0 Å². The van der Waals surface area contributed by atoms with Crippen LogP contribution in [0.4, 0.5) is 0 Å². The van der Waals surface area contributed by atoms with Crippen LogP contribution in [-0.4, -0.2) is 51.3 Å². The lowest BCUT2D eigenvalue weighted by Gasteiger charge is -2.30. The highest BCUT2D eigenvalue weighted by Crippen LogP contribution is 2.21. The van der Waals surface area contributed by atoms with Crippen LogP contribution in [0.25, 0.3) is 0 Å². The summed E-state index contributed by atoms with van der Waals surface area (Å²) in [4.78, 5) is 23.2. The van der Waals surface area contributed by atoms with Gasteiger partial charge in [-0.1, -0.05) is 30.3 Å². The average Bonchev–Trinajstić information content (AvgIpc) is 2.68. The minimum absolute atomic E-state index is 0.00903. The number of rotatable bonds is 9. The number of carbonyl (C=O) groups excluding carboxylic acids is 2. The Kier molecular flexibility index (Phi) is 8.24. The summed E-state index contributed by atoms with van der Waals surface area (Å²) in [6.45, 7) is 1.26. The number of hydrogen-bond acceptors (Lipinski definition) is 5. The molecule has 1 saturated heterocycles. The number of esters is 1. The van der Waals surface area contributed by atoms with E-state index >= 15 is 0 Å².